The van der Waals surface area contributed by atoms with Gasteiger partial charge in [0.15, 0.2) is 11.6 Å². The van der Waals surface area contributed by atoms with E-state index in [0.29, 0.717) is 0 Å². The zero-order valence-corrected chi connectivity index (χ0v) is 23.5. The fourth-order valence-corrected chi connectivity index (χ4v) is 1.94. The van der Waals surface area contributed by atoms with Crippen molar-refractivity contribution in [3.05, 3.63) is 0 Å². The van der Waals surface area contributed by atoms with Crippen LogP contribution in [-0.4, -0.2) is 35.7 Å². The van der Waals surface area contributed by atoms with Gasteiger partial charge < -0.3 is 0 Å². The molecule has 0 radical (unpaired) electrons. The van der Waals surface area contributed by atoms with Crippen LogP contribution in [0.5, 0.6) is 0 Å². The minimum atomic E-state index is -0.788. The minimum absolute atomic E-state index is 0. The van der Waals surface area contributed by atoms with Gasteiger partial charge in [0.2, 0.25) is 0 Å². The zero-order chi connectivity index (χ0) is 24.4. The summed E-state index contributed by atoms with van der Waals surface area (Å²) < 4.78 is 0. The largest absolute Gasteiger partial charge is 0.352 e. The second-order valence-corrected chi connectivity index (χ2v) is 9.77. The van der Waals surface area contributed by atoms with Crippen molar-refractivity contribution in [1.29, 1.82) is 0 Å². The van der Waals surface area contributed by atoms with E-state index in [1.807, 2.05) is 0 Å². The van der Waals surface area contributed by atoms with Crippen LogP contribution < -0.4 is 0 Å². The maximum absolute atomic E-state index is 11.7. The first-order valence-electron chi connectivity index (χ1n) is 10.1. The topological polar surface area (TPSA) is 105 Å². The van der Waals surface area contributed by atoms with Crippen molar-refractivity contribution in [1.82, 2.24) is 0 Å². The molecule has 0 aliphatic heterocycles. The molecule has 180 valence electrons. The van der Waals surface area contributed by atoms with Gasteiger partial charge in [-0.15, -0.1) is 0 Å². The van der Waals surface area contributed by atoms with Crippen molar-refractivity contribution in [2.24, 2.45) is 22.7 Å². The molecule has 0 aromatic carbocycles. The summed E-state index contributed by atoms with van der Waals surface area (Å²) in [6.45, 7) is 20.6. The van der Waals surface area contributed by atoms with Gasteiger partial charge in [-0.25, -0.2) is 9.59 Å². The maximum Gasteiger partial charge on any atom is 0.352 e. The van der Waals surface area contributed by atoms with E-state index in [-0.39, 0.29) is 50.0 Å². The van der Waals surface area contributed by atoms with Crippen molar-refractivity contribution in [2.75, 3.05) is 0 Å². The number of hydrogen-bond donors (Lipinski definition) is 0. The molecule has 0 bridgehead atoms. The monoisotopic (exact) mass is 522 g/mol. The molecule has 2 unspecified atom stereocenters. The summed E-state index contributed by atoms with van der Waals surface area (Å²) in [5.41, 5.74) is -1.09. The summed E-state index contributed by atoms with van der Waals surface area (Å²) in [6, 6.07) is 0. The Morgan fingerprint density at radius 2 is 0.774 bits per heavy atom. The molecule has 8 nitrogen and oxygen atoms in total. The van der Waals surface area contributed by atoms with Crippen LogP contribution in [0.1, 0.15) is 83.1 Å². The molecule has 0 saturated heterocycles. The molecule has 0 spiro atoms. The van der Waals surface area contributed by atoms with Crippen LogP contribution in [0.2, 0.25) is 0 Å². The first-order chi connectivity index (χ1) is 13.3. The predicted molar refractivity (Wildman–Crippen MR) is 112 cm³/mol. The third-order valence-electron chi connectivity index (χ3n) is 3.62. The molecule has 0 aromatic heterocycles. The summed E-state index contributed by atoms with van der Waals surface area (Å²) in [5.74, 6) is -3.15. The van der Waals surface area contributed by atoms with Gasteiger partial charge >= 0.3 is 11.9 Å². The van der Waals surface area contributed by atoms with Gasteiger partial charge in [-0.05, 0) is 41.5 Å². The minimum Gasteiger partial charge on any atom is -0.298 e. The zero-order valence-electron chi connectivity index (χ0n) is 21.1. The molecule has 0 aromatic rings. The molecule has 0 heterocycles. The number of carbonyl (C=O) groups excluding carboxylic acids is 4. The van der Waals surface area contributed by atoms with Crippen LogP contribution >= 0.6 is 0 Å². The summed E-state index contributed by atoms with van der Waals surface area (Å²) >= 11 is 0. The van der Waals surface area contributed by atoms with Crippen LogP contribution in [0.15, 0.2) is 0 Å². The fourth-order valence-electron chi connectivity index (χ4n) is 1.94. The SMILES string of the molecule is CC(C)OOC(=O)C(C)C(=O)C(C)(C)C.CC(C)OOC(=O)C(C)C(=O)C(C)(C)C.[Zr]. The van der Waals surface area contributed by atoms with E-state index < -0.39 is 34.6 Å². The van der Waals surface area contributed by atoms with Crippen molar-refractivity contribution < 1.29 is 64.9 Å². The summed E-state index contributed by atoms with van der Waals surface area (Å²) in [5, 5.41) is 0. The predicted octanol–water partition coefficient (Wildman–Crippen LogP) is 4.24. The molecular weight excluding hydrogens is 483 g/mol. The first-order valence-corrected chi connectivity index (χ1v) is 10.1. The van der Waals surface area contributed by atoms with Crippen LogP contribution in [0.4, 0.5) is 0 Å². The molecule has 0 N–H and O–H groups in total. The Balaban J connectivity index is -0.000000490. The Labute approximate surface area is 206 Å². The standard InChI is InChI=1S/2C11H20O4.Zr/c2*1-7(2)14-15-10(13)8(3)9(12)11(4,5)6;/h2*7-8H,1-6H3;. The molecule has 0 rings (SSSR count). The molecule has 0 saturated carbocycles. The first kappa shape index (κ1) is 34.7. The second kappa shape index (κ2) is 15.0. The molecule has 2 atom stereocenters. The summed E-state index contributed by atoms with van der Waals surface area (Å²) in [6.07, 6.45) is -0.406. The van der Waals surface area contributed by atoms with Crippen molar-refractivity contribution in [3.8, 4) is 0 Å². The van der Waals surface area contributed by atoms with Gasteiger partial charge in [0.25, 0.3) is 0 Å². The fraction of sp³-hybridized carbons (Fsp3) is 0.818. The van der Waals surface area contributed by atoms with Crippen LogP contribution in [0, 0.1) is 22.7 Å². The number of ketones is 2. The molecule has 0 fully saturated rings. The molecule has 0 aliphatic rings. The van der Waals surface area contributed by atoms with E-state index in [2.05, 4.69) is 19.6 Å². The van der Waals surface area contributed by atoms with E-state index >= 15 is 0 Å². The Kier molecular flexibility index (Phi) is 16.8. The Morgan fingerprint density at radius 3 is 0.935 bits per heavy atom. The summed E-state index contributed by atoms with van der Waals surface area (Å²) in [4.78, 5) is 64.5. The van der Waals surface area contributed by atoms with Crippen molar-refractivity contribution in [2.45, 2.75) is 95.3 Å². The van der Waals surface area contributed by atoms with E-state index in [4.69, 9.17) is 0 Å². The van der Waals surface area contributed by atoms with E-state index in [1.165, 1.54) is 13.8 Å². The number of carbonyl (C=O) groups is 4. The van der Waals surface area contributed by atoms with Crippen LogP contribution in [0.25, 0.3) is 0 Å². The van der Waals surface area contributed by atoms with Gasteiger partial charge in [0, 0.05) is 37.0 Å². The third-order valence-corrected chi connectivity index (χ3v) is 3.62. The Bertz CT molecular complexity index is 533. The number of hydrogen-bond acceptors (Lipinski definition) is 8. The van der Waals surface area contributed by atoms with E-state index in [0.717, 1.165) is 0 Å². The van der Waals surface area contributed by atoms with Gasteiger partial charge in [-0.1, -0.05) is 41.5 Å². The Morgan fingerprint density at radius 1 is 0.548 bits per heavy atom. The molecule has 0 amide bonds. The normalized spacial score (nSPS) is 13.4. The molecule has 31 heavy (non-hydrogen) atoms. The number of rotatable bonds is 8. The second-order valence-electron chi connectivity index (χ2n) is 9.77. The molecule has 9 heteroatoms. The molecule has 0 aliphatic carbocycles. The van der Waals surface area contributed by atoms with Crippen LogP contribution in [-0.2, 0) is 64.9 Å². The van der Waals surface area contributed by atoms with Gasteiger partial charge in [0.05, 0.1) is 12.2 Å². The van der Waals surface area contributed by atoms with Gasteiger partial charge in [0.1, 0.15) is 11.8 Å². The van der Waals surface area contributed by atoms with Gasteiger partial charge in [-0.2, -0.15) is 9.78 Å². The van der Waals surface area contributed by atoms with E-state index in [9.17, 15) is 19.2 Å². The number of Topliss-reactive ketones (excluding diaryl/α,β-unsaturated/α-hetero) is 2. The Hall–Kier alpha value is -0.917. The van der Waals surface area contributed by atoms with Crippen molar-refractivity contribution in [3.63, 3.8) is 0 Å². The van der Waals surface area contributed by atoms with E-state index in [1.54, 1.807) is 69.2 Å². The molecular formula is C22H40O8Zr. The summed E-state index contributed by atoms with van der Waals surface area (Å²) in [7, 11) is 0. The average molecular weight is 524 g/mol. The quantitative estimate of drug-likeness (QED) is 0.264. The maximum atomic E-state index is 11.7. The average Bonchev–Trinajstić information content (AvgIpc) is 2.60. The smallest absolute Gasteiger partial charge is 0.298 e. The van der Waals surface area contributed by atoms with Crippen molar-refractivity contribution >= 4 is 23.5 Å². The van der Waals surface area contributed by atoms with Crippen LogP contribution in [0.3, 0.4) is 0 Å². The van der Waals surface area contributed by atoms with Gasteiger partial charge in [-0.3, -0.25) is 19.4 Å². The third kappa shape index (κ3) is 15.5.